The summed E-state index contributed by atoms with van der Waals surface area (Å²) in [6.45, 7) is 1.92. The molecule has 24 heavy (non-hydrogen) atoms. The molecule has 0 saturated carbocycles. The first-order valence-corrected chi connectivity index (χ1v) is 8.36. The van der Waals surface area contributed by atoms with Crippen LogP contribution >= 0.6 is 11.6 Å². The highest BCUT2D eigenvalue weighted by atomic mass is 35.5. The molecule has 0 radical (unpaired) electrons. The fourth-order valence-corrected chi connectivity index (χ4v) is 3.27. The fraction of sp³-hybridized carbons (Fsp3) is 0.278. The third-order valence-electron chi connectivity index (χ3n) is 4.22. The van der Waals surface area contributed by atoms with Crippen LogP contribution in [0.4, 0.5) is 11.4 Å². The summed E-state index contributed by atoms with van der Waals surface area (Å²) in [6.07, 6.45) is 1.91. The summed E-state index contributed by atoms with van der Waals surface area (Å²) in [6, 6.07) is 9.11. The van der Waals surface area contributed by atoms with Gasteiger partial charge < -0.3 is 20.1 Å². The van der Waals surface area contributed by atoms with Gasteiger partial charge in [0.1, 0.15) is 13.2 Å². The largest absolute Gasteiger partial charge is 0.486 e. The van der Waals surface area contributed by atoms with E-state index in [1.54, 1.807) is 12.1 Å². The second-order valence-corrected chi connectivity index (χ2v) is 6.20. The van der Waals surface area contributed by atoms with Crippen LogP contribution in [0.1, 0.15) is 22.3 Å². The van der Waals surface area contributed by atoms with Crippen molar-refractivity contribution in [2.75, 3.05) is 30.4 Å². The van der Waals surface area contributed by atoms with E-state index in [9.17, 15) is 4.79 Å². The fourth-order valence-electron chi connectivity index (χ4n) is 3.07. The van der Waals surface area contributed by atoms with Crippen molar-refractivity contribution in [1.29, 1.82) is 0 Å². The van der Waals surface area contributed by atoms with Crippen molar-refractivity contribution in [3.63, 3.8) is 0 Å². The van der Waals surface area contributed by atoms with Crippen LogP contribution in [0.5, 0.6) is 11.5 Å². The van der Waals surface area contributed by atoms with Gasteiger partial charge >= 0.3 is 0 Å². The van der Waals surface area contributed by atoms with Gasteiger partial charge in [-0.2, -0.15) is 0 Å². The van der Waals surface area contributed by atoms with Crippen LogP contribution in [0.25, 0.3) is 0 Å². The Kier molecular flexibility index (Phi) is 3.94. The van der Waals surface area contributed by atoms with Crippen LogP contribution in [0, 0.1) is 0 Å². The lowest BCUT2D eigenvalue weighted by molar-refractivity contribution is 0.102. The maximum absolute atomic E-state index is 12.7. The Morgan fingerprint density at radius 2 is 1.96 bits per heavy atom. The van der Waals surface area contributed by atoms with Crippen molar-refractivity contribution in [2.24, 2.45) is 0 Å². The van der Waals surface area contributed by atoms with Gasteiger partial charge in [-0.15, -0.1) is 0 Å². The topological polar surface area (TPSA) is 59.6 Å². The van der Waals surface area contributed by atoms with E-state index < -0.39 is 0 Å². The maximum Gasteiger partial charge on any atom is 0.256 e. The van der Waals surface area contributed by atoms with Crippen molar-refractivity contribution in [3.8, 4) is 11.5 Å². The Morgan fingerprint density at radius 1 is 1.17 bits per heavy atom. The molecule has 0 atom stereocenters. The molecule has 124 valence electrons. The van der Waals surface area contributed by atoms with Gasteiger partial charge in [-0.1, -0.05) is 17.7 Å². The summed E-state index contributed by atoms with van der Waals surface area (Å²) < 4.78 is 11.0. The van der Waals surface area contributed by atoms with Gasteiger partial charge in [0.2, 0.25) is 0 Å². The van der Waals surface area contributed by atoms with Gasteiger partial charge in [-0.3, -0.25) is 4.79 Å². The number of hydrogen-bond donors (Lipinski definition) is 2. The van der Waals surface area contributed by atoms with Crippen molar-refractivity contribution in [1.82, 2.24) is 0 Å². The average Bonchev–Trinajstić information content (AvgIpc) is 2.62. The third-order valence-corrected chi connectivity index (χ3v) is 4.53. The molecule has 0 bridgehead atoms. The Labute approximate surface area is 144 Å². The molecule has 2 aromatic carbocycles. The number of amides is 1. The smallest absolute Gasteiger partial charge is 0.256 e. The van der Waals surface area contributed by atoms with Crippen LogP contribution < -0.4 is 20.1 Å². The molecule has 0 unspecified atom stereocenters. The summed E-state index contributed by atoms with van der Waals surface area (Å²) in [7, 11) is 0. The number of fused-ring (bicyclic) bond motifs is 2. The summed E-state index contributed by atoms with van der Waals surface area (Å²) in [5.41, 5.74) is 3.27. The molecule has 0 aliphatic carbocycles. The Morgan fingerprint density at radius 3 is 2.79 bits per heavy atom. The van der Waals surface area contributed by atoms with Gasteiger partial charge in [0, 0.05) is 29.9 Å². The number of anilines is 2. The van der Waals surface area contributed by atoms with Crippen molar-refractivity contribution >= 4 is 28.9 Å². The quantitative estimate of drug-likeness (QED) is 0.871. The van der Waals surface area contributed by atoms with E-state index in [0.29, 0.717) is 41.0 Å². The van der Waals surface area contributed by atoms with Crippen LogP contribution in [-0.4, -0.2) is 25.7 Å². The highest BCUT2D eigenvalue weighted by Crippen LogP contribution is 2.38. The van der Waals surface area contributed by atoms with Gasteiger partial charge in [-0.05, 0) is 30.5 Å². The number of carbonyl (C=O) groups excluding carboxylic acids is 1. The highest BCUT2D eigenvalue weighted by Gasteiger charge is 2.20. The van der Waals surface area contributed by atoms with Gasteiger partial charge in [0.25, 0.3) is 5.91 Å². The molecule has 2 N–H and O–H groups in total. The van der Waals surface area contributed by atoms with E-state index in [-0.39, 0.29) is 5.91 Å². The zero-order chi connectivity index (χ0) is 16.5. The van der Waals surface area contributed by atoms with E-state index in [1.165, 1.54) is 0 Å². The SMILES string of the molecule is O=C(Nc1cc2c(cc1Cl)OCCO2)c1cccc2c1CCCN2. The lowest BCUT2D eigenvalue weighted by Crippen LogP contribution is -2.20. The average molecular weight is 345 g/mol. The molecule has 0 saturated heterocycles. The molecule has 2 aliphatic heterocycles. The highest BCUT2D eigenvalue weighted by molar-refractivity contribution is 6.34. The predicted molar refractivity (Wildman–Crippen MR) is 93.6 cm³/mol. The third kappa shape index (κ3) is 2.76. The molecule has 4 rings (SSSR count). The van der Waals surface area contributed by atoms with Gasteiger partial charge in [0.05, 0.1) is 10.7 Å². The first-order valence-electron chi connectivity index (χ1n) is 7.98. The Balaban J connectivity index is 1.63. The second kappa shape index (κ2) is 6.24. The second-order valence-electron chi connectivity index (χ2n) is 5.79. The number of rotatable bonds is 2. The Bertz CT molecular complexity index is 807. The number of benzene rings is 2. The normalized spacial score (nSPS) is 15.2. The maximum atomic E-state index is 12.7. The van der Waals surface area contributed by atoms with E-state index in [0.717, 1.165) is 30.6 Å². The molecule has 2 heterocycles. The standard InChI is InChI=1S/C18H17ClN2O3/c19-13-9-16-17(24-8-7-23-16)10-15(13)21-18(22)12-3-1-5-14-11(12)4-2-6-20-14/h1,3,5,9-10,20H,2,4,6-8H2,(H,21,22). The van der Waals surface area contributed by atoms with E-state index >= 15 is 0 Å². The molecule has 0 aromatic heterocycles. The molecule has 6 heteroatoms. The molecule has 5 nitrogen and oxygen atoms in total. The van der Waals surface area contributed by atoms with Crippen LogP contribution in [0.2, 0.25) is 5.02 Å². The lowest BCUT2D eigenvalue weighted by atomic mass is 9.97. The molecule has 1 amide bonds. The van der Waals surface area contributed by atoms with Crippen molar-refractivity contribution < 1.29 is 14.3 Å². The summed E-state index contributed by atoms with van der Waals surface area (Å²) in [4.78, 5) is 12.7. The summed E-state index contributed by atoms with van der Waals surface area (Å²) >= 11 is 6.27. The molecular formula is C18H17ClN2O3. The minimum Gasteiger partial charge on any atom is -0.486 e. The molecule has 2 aromatic rings. The minimum absolute atomic E-state index is 0.172. The number of ether oxygens (including phenoxy) is 2. The van der Waals surface area contributed by atoms with Crippen molar-refractivity contribution in [3.05, 3.63) is 46.5 Å². The van der Waals surface area contributed by atoms with Crippen LogP contribution in [0.15, 0.2) is 30.3 Å². The number of nitrogens with one attached hydrogen (secondary N) is 2. The van der Waals surface area contributed by atoms with E-state index in [1.807, 2.05) is 18.2 Å². The molecule has 2 aliphatic rings. The monoisotopic (exact) mass is 344 g/mol. The van der Waals surface area contributed by atoms with Crippen molar-refractivity contribution in [2.45, 2.75) is 12.8 Å². The first kappa shape index (κ1) is 15.1. The minimum atomic E-state index is -0.172. The number of halogens is 1. The van der Waals surface area contributed by atoms with Gasteiger partial charge in [-0.25, -0.2) is 0 Å². The lowest BCUT2D eigenvalue weighted by Gasteiger charge is -2.22. The summed E-state index contributed by atoms with van der Waals surface area (Å²) in [5.74, 6) is 1.03. The van der Waals surface area contributed by atoms with Crippen LogP contribution in [0.3, 0.4) is 0 Å². The molecular weight excluding hydrogens is 328 g/mol. The molecule has 0 fully saturated rings. The van der Waals surface area contributed by atoms with Crippen LogP contribution in [-0.2, 0) is 6.42 Å². The van der Waals surface area contributed by atoms with E-state index in [4.69, 9.17) is 21.1 Å². The Hall–Kier alpha value is -2.40. The number of hydrogen-bond acceptors (Lipinski definition) is 4. The zero-order valence-corrected chi connectivity index (χ0v) is 13.8. The number of carbonyl (C=O) groups is 1. The molecule has 0 spiro atoms. The summed E-state index contributed by atoms with van der Waals surface area (Å²) in [5, 5.41) is 6.65. The predicted octanol–water partition coefficient (Wildman–Crippen LogP) is 3.72. The zero-order valence-electron chi connectivity index (χ0n) is 13.0. The van der Waals surface area contributed by atoms with Gasteiger partial charge in [0.15, 0.2) is 11.5 Å². The first-order chi connectivity index (χ1) is 11.7. The van der Waals surface area contributed by atoms with E-state index in [2.05, 4.69) is 10.6 Å².